The number of rotatable bonds is 3. The minimum atomic E-state index is -0.222. The summed E-state index contributed by atoms with van der Waals surface area (Å²) in [5.74, 6) is 1.28. The first-order valence-electron chi connectivity index (χ1n) is 4.68. The van der Waals surface area contributed by atoms with Crippen LogP contribution in [0.25, 0.3) is 0 Å². The predicted molar refractivity (Wildman–Crippen MR) is 53.5 cm³/mol. The molecule has 76 valence electrons. The fraction of sp³-hybridized carbons (Fsp3) is 0.625. The molecule has 1 unspecified atom stereocenters. The van der Waals surface area contributed by atoms with Crippen molar-refractivity contribution in [3.8, 4) is 0 Å². The predicted octanol–water partition coefficient (Wildman–Crippen LogP) is 0.0478. The number of anilines is 2. The normalized spacial score (nSPS) is 17.9. The second kappa shape index (κ2) is 3.38. The number of nitrogen functional groups attached to an aromatic ring is 1. The molecule has 5 N–H and O–H groups in total. The molecule has 0 aromatic carbocycles. The summed E-state index contributed by atoms with van der Waals surface area (Å²) in [5.41, 5.74) is 11.2. The monoisotopic (exact) mass is 194 g/mol. The Morgan fingerprint density at radius 2 is 2.07 bits per heavy atom. The van der Waals surface area contributed by atoms with Crippen molar-refractivity contribution in [1.82, 2.24) is 15.0 Å². The lowest BCUT2D eigenvalue weighted by atomic mass is 10.3. The van der Waals surface area contributed by atoms with Gasteiger partial charge in [0.2, 0.25) is 11.9 Å². The third-order valence-corrected chi connectivity index (χ3v) is 1.99. The zero-order valence-electron chi connectivity index (χ0n) is 8.07. The summed E-state index contributed by atoms with van der Waals surface area (Å²) in [6, 6.07) is 0.276. The van der Waals surface area contributed by atoms with E-state index in [9.17, 15) is 0 Å². The lowest BCUT2D eigenvalue weighted by molar-refractivity contribution is 0.732. The van der Waals surface area contributed by atoms with Crippen molar-refractivity contribution in [2.45, 2.75) is 31.8 Å². The standard InChI is InChI=1S/C8H14N6/c1-4(9)6-12-7(10)14-8(13-6)11-5-2-3-5/h4-5H,2-3,9H2,1H3,(H3,10,11,12,13,14). The van der Waals surface area contributed by atoms with Gasteiger partial charge in [-0.3, -0.25) is 0 Å². The number of hydrogen-bond acceptors (Lipinski definition) is 6. The summed E-state index contributed by atoms with van der Waals surface area (Å²) in [6.45, 7) is 1.82. The van der Waals surface area contributed by atoms with Crippen LogP contribution < -0.4 is 16.8 Å². The van der Waals surface area contributed by atoms with E-state index in [1.807, 2.05) is 6.92 Å². The van der Waals surface area contributed by atoms with Gasteiger partial charge in [0, 0.05) is 6.04 Å². The molecule has 0 spiro atoms. The van der Waals surface area contributed by atoms with Crippen molar-refractivity contribution in [2.24, 2.45) is 5.73 Å². The Labute approximate surface area is 82.1 Å². The van der Waals surface area contributed by atoms with Crippen LogP contribution in [0, 0.1) is 0 Å². The Balaban J connectivity index is 2.21. The highest BCUT2D eigenvalue weighted by Gasteiger charge is 2.22. The van der Waals surface area contributed by atoms with Crippen molar-refractivity contribution in [3.63, 3.8) is 0 Å². The maximum absolute atomic E-state index is 5.66. The summed E-state index contributed by atoms with van der Waals surface area (Å²) in [4.78, 5) is 12.1. The van der Waals surface area contributed by atoms with Gasteiger partial charge in [-0.15, -0.1) is 0 Å². The van der Waals surface area contributed by atoms with Gasteiger partial charge in [0.1, 0.15) is 0 Å². The van der Waals surface area contributed by atoms with Crippen LogP contribution >= 0.6 is 0 Å². The van der Waals surface area contributed by atoms with Crippen molar-refractivity contribution in [2.75, 3.05) is 11.1 Å². The second-order valence-corrected chi connectivity index (χ2v) is 3.58. The van der Waals surface area contributed by atoms with Gasteiger partial charge in [-0.25, -0.2) is 0 Å². The van der Waals surface area contributed by atoms with E-state index in [4.69, 9.17) is 11.5 Å². The maximum Gasteiger partial charge on any atom is 0.228 e. The Bertz CT molecular complexity index is 333. The summed E-state index contributed by atoms with van der Waals surface area (Å²) in [6.07, 6.45) is 2.33. The van der Waals surface area contributed by atoms with E-state index in [2.05, 4.69) is 20.3 Å². The molecule has 6 nitrogen and oxygen atoms in total. The van der Waals surface area contributed by atoms with Crippen LogP contribution in [0.15, 0.2) is 0 Å². The highest BCUT2D eigenvalue weighted by Crippen LogP contribution is 2.23. The fourth-order valence-corrected chi connectivity index (χ4v) is 1.09. The molecule has 1 fully saturated rings. The van der Waals surface area contributed by atoms with Crippen LogP contribution in [0.3, 0.4) is 0 Å². The molecule has 0 radical (unpaired) electrons. The highest BCUT2D eigenvalue weighted by atomic mass is 15.2. The number of hydrogen-bond donors (Lipinski definition) is 3. The Hall–Kier alpha value is -1.43. The topological polar surface area (TPSA) is 103 Å². The smallest absolute Gasteiger partial charge is 0.228 e. The SMILES string of the molecule is CC(N)c1nc(N)nc(NC2CC2)n1. The lowest BCUT2D eigenvalue weighted by Gasteiger charge is -2.07. The Morgan fingerprint density at radius 3 is 2.64 bits per heavy atom. The number of aromatic nitrogens is 3. The Kier molecular flexibility index (Phi) is 2.20. The molecule has 1 aromatic heterocycles. The lowest BCUT2D eigenvalue weighted by Crippen LogP contribution is -2.15. The summed E-state index contributed by atoms with van der Waals surface area (Å²) < 4.78 is 0. The summed E-state index contributed by atoms with van der Waals surface area (Å²) in [7, 11) is 0. The van der Waals surface area contributed by atoms with E-state index in [0.717, 1.165) is 0 Å². The van der Waals surface area contributed by atoms with Gasteiger partial charge < -0.3 is 16.8 Å². The molecule has 0 amide bonds. The maximum atomic E-state index is 5.66. The molecular formula is C8H14N6. The van der Waals surface area contributed by atoms with Gasteiger partial charge in [0.25, 0.3) is 0 Å². The van der Waals surface area contributed by atoms with Crippen LogP contribution in [0.2, 0.25) is 0 Å². The molecule has 0 saturated heterocycles. The molecule has 0 aliphatic heterocycles. The molecule has 14 heavy (non-hydrogen) atoms. The number of nitrogens with one attached hydrogen (secondary N) is 1. The molecule has 1 aliphatic carbocycles. The zero-order chi connectivity index (χ0) is 10.1. The average Bonchev–Trinajstić information content (AvgIpc) is 2.87. The number of nitrogens with two attached hydrogens (primary N) is 2. The molecule has 6 heteroatoms. The molecule has 2 rings (SSSR count). The van der Waals surface area contributed by atoms with Crippen molar-refractivity contribution in [3.05, 3.63) is 5.82 Å². The number of nitrogens with zero attached hydrogens (tertiary/aromatic N) is 3. The first-order valence-corrected chi connectivity index (χ1v) is 4.68. The second-order valence-electron chi connectivity index (χ2n) is 3.58. The van der Waals surface area contributed by atoms with Crippen LogP contribution in [-0.4, -0.2) is 21.0 Å². The van der Waals surface area contributed by atoms with E-state index < -0.39 is 0 Å². The first-order chi connectivity index (χ1) is 6.65. The summed E-state index contributed by atoms with van der Waals surface area (Å²) in [5, 5.41) is 3.15. The molecule has 1 atom stereocenters. The van der Waals surface area contributed by atoms with Crippen molar-refractivity contribution < 1.29 is 0 Å². The van der Waals surface area contributed by atoms with Crippen LogP contribution in [0.5, 0.6) is 0 Å². The van der Waals surface area contributed by atoms with Gasteiger partial charge in [-0.1, -0.05) is 0 Å². The van der Waals surface area contributed by atoms with Gasteiger partial charge in [0.05, 0.1) is 6.04 Å². The minimum Gasteiger partial charge on any atom is -0.368 e. The first kappa shape index (κ1) is 9.14. The van der Waals surface area contributed by atoms with Gasteiger partial charge in [0.15, 0.2) is 5.82 Å². The largest absolute Gasteiger partial charge is 0.368 e. The third-order valence-electron chi connectivity index (χ3n) is 1.99. The van der Waals surface area contributed by atoms with Gasteiger partial charge >= 0.3 is 0 Å². The molecule has 1 saturated carbocycles. The van der Waals surface area contributed by atoms with E-state index in [-0.39, 0.29) is 12.0 Å². The third kappa shape index (κ3) is 2.08. The summed E-state index contributed by atoms with van der Waals surface area (Å²) >= 11 is 0. The van der Waals surface area contributed by atoms with Crippen LogP contribution in [-0.2, 0) is 0 Å². The molecule has 1 heterocycles. The molecule has 1 aliphatic rings. The van der Waals surface area contributed by atoms with E-state index in [0.29, 0.717) is 17.8 Å². The van der Waals surface area contributed by atoms with E-state index >= 15 is 0 Å². The van der Waals surface area contributed by atoms with Crippen LogP contribution in [0.4, 0.5) is 11.9 Å². The van der Waals surface area contributed by atoms with E-state index in [1.54, 1.807) is 0 Å². The van der Waals surface area contributed by atoms with Crippen LogP contribution in [0.1, 0.15) is 31.6 Å². The highest BCUT2D eigenvalue weighted by molar-refractivity contribution is 5.33. The van der Waals surface area contributed by atoms with Crippen molar-refractivity contribution >= 4 is 11.9 Å². The molecular weight excluding hydrogens is 180 g/mol. The Morgan fingerprint density at radius 1 is 1.36 bits per heavy atom. The fourth-order valence-electron chi connectivity index (χ4n) is 1.09. The minimum absolute atomic E-state index is 0.218. The van der Waals surface area contributed by atoms with Crippen molar-refractivity contribution in [1.29, 1.82) is 0 Å². The van der Waals surface area contributed by atoms with E-state index in [1.165, 1.54) is 12.8 Å². The average molecular weight is 194 g/mol. The molecule has 1 aromatic rings. The van der Waals surface area contributed by atoms with Gasteiger partial charge in [-0.05, 0) is 19.8 Å². The van der Waals surface area contributed by atoms with Gasteiger partial charge in [-0.2, -0.15) is 15.0 Å². The zero-order valence-corrected chi connectivity index (χ0v) is 8.07. The molecule has 0 bridgehead atoms. The quantitative estimate of drug-likeness (QED) is 0.628.